The van der Waals surface area contributed by atoms with Gasteiger partial charge in [-0.15, -0.1) is 0 Å². The molecule has 1 amide bonds. The van der Waals surface area contributed by atoms with Crippen LogP contribution >= 0.6 is 0 Å². The van der Waals surface area contributed by atoms with Crippen LogP contribution < -0.4 is 9.62 Å². The van der Waals surface area contributed by atoms with Gasteiger partial charge in [0.25, 0.3) is 10.0 Å². The number of para-hydroxylation sites is 1. The number of amides is 1. The number of nitrogens with one attached hydrogen (secondary N) is 1. The molecule has 0 spiro atoms. The fourth-order valence-electron chi connectivity index (χ4n) is 4.00. The molecule has 5 nitrogen and oxygen atoms in total. The zero-order valence-corrected chi connectivity index (χ0v) is 21.2. The Morgan fingerprint density at radius 3 is 2.15 bits per heavy atom. The molecule has 0 aliphatic rings. The molecule has 1 N–H and O–H groups in total. The van der Waals surface area contributed by atoms with Gasteiger partial charge >= 0.3 is 0 Å². The predicted octanol–water partition coefficient (Wildman–Crippen LogP) is 5.66. The number of hydrogen-bond donors (Lipinski definition) is 1. The zero-order chi connectivity index (χ0) is 24.7. The highest BCUT2D eigenvalue weighted by molar-refractivity contribution is 7.92. The van der Waals surface area contributed by atoms with Crippen LogP contribution in [-0.2, 0) is 21.2 Å². The lowest BCUT2D eigenvalue weighted by molar-refractivity contribution is -0.120. The first-order chi connectivity index (χ1) is 16.2. The summed E-state index contributed by atoms with van der Waals surface area (Å²) >= 11 is 0. The second-order valence-electron chi connectivity index (χ2n) is 8.97. The SMILES string of the molecule is CCc1ccccc1N(CC(=O)N[C@H](CC(C)C)c1ccccc1)S(=O)(=O)c1ccc(C)cc1. The van der Waals surface area contributed by atoms with E-state index in [2.05, 4.69) is 19.2 Å². The molecule has 0 saturated carbocycles. The highest BCUT2D eigenvalue weighted by Gasteiger charge is 2.29. The monoisotopic (exact) mass is 478 g/mol. The average molecular weight is 479 g/mol. The molecule has 180 valence electrons. The van der Waals surface area contributed by atoms with Crippen molar-refractivity contribution in [3.63, 3.8) is 0 Å². The van der Waals surface area contributed by atoms with E-state index in [9.17, 15) is 13.2 Å². The molecule has 0 bridgehead atoms. The molecule has 1 atom stereocenters. The van der Waals surface area contributed by atoms with E-state index in [1.807, 2.05) is 56.3 Å². The van der Waals surface area contributed by atoms with Crippen LogP contribution in [0.3, 0.4) is 0 Å². The van der Waals surface area contributed by atoms with Crippen LogP contribution in [-0.4, -0.2) is 20.9 Å². The van der Waals surface area contributed by atoms with Crippen molar-refractivity contribution < 1.29 is 13.2 Å². The third-order valence-corrected chi connectivity index (χ3v) is 7.56. The van der Waals surface area contributed by atoms with E-state index in [-0.39, 0.29) is 23.4 Å². The Balaban J connectivity index is 1.96. The van der Waals surface area contributed by atoms with Gasteiger partial charge in [0.2, 0.25) is 5.91 Å². The van der Waals surface area contributed by atoms with Crippen molar-refractivity contribution in [1.82, 2.24) is 5.32 Å². The number of benzene rings is 3. The second kappa shape index (κ2) is 11.3. The van der Waals surface area contributed by atoms with Crippen LogP contribution in [0.15, 0.2) is 83.8 Å². The molecule has 3 rings (SSSR count). The number of rotatable bonds is 10. The first-order valence-electron chi connectivity index (χ1n) is 11.7. The Kier molecular flexibility index (Phi) is 8.51. The van der Waals surface area contributed by atoms with E-state index in [0.717, 1.165) is 23.1 Å². The molecule has 3 aromatic carbocycles. The predicted molar refractivity (Wildman–Crippen MR) is 138 cm³/mol. The lowest BCUT2D eigenvalue weighted by Crippen LogP contribution is -2.42. The number of anilines is 1. The number of carbonyl (C=O) groups is 1. The van der Waals surface area contributed by atoms with Gasteiger partial charge in [0.1, 0.15) is 6.54 Å². The molecule has 0 saturated heterocycles. The third-order valence-electron chi connectivity index (χ3n) is 5.78. The molecular formula is C28H34N2O3S. The van der Waals surface area contributed by atoms with Crippen LogP contribution in [0.25, 0.3) is 0 Å². The van der Waals surface area contributed by atoms with Gasteiger partial charge in [-0.1, -0.05) is 87.0 Å². The molecule has 3 aromatic rings. The van der Waals surface area contributed by atoms with Crippen LogP contribution in [0.5, 0.6) is 0 Å². The maximum atomic E-state index is 13.7. The van der Waals surface area contributed by atoms with Gasteiger partial charge in [0.15, 0.2) is 0 Å². The summed E-state index contributed by atoms with van der Waals surface area (Å²) in [5.41, 5.74) is 3.37. The summed E-state index contributed by atoms with van der Waals surface area (Å²) in [5.74, 6) is 0.0230. The van der Waals surface area contributed by atoms with Crippen LogP contribution in [0.1, 0.15) is 49.9 Å². The minimum Gasteiger partial charge on any atom is -0.348 e. The summed E-state index contributed by atoms with van der Waals surface area (Å²) in [7, 11) is -3.95. The number of nitrogens with zero attached hydrogens (tertiary/aromatic N) is 1. The average Bonchev–Trinajstić information content (AvgIpc) is 2.82. The number of sulfonamides is 1. The Morgan fingerprint density at radius 2 is 1.53 bits per heavy atom. The number of hydrogen-bond acceptors (Lipinski definition) is 3. The standard InChI is InChI=1S/C28H34N2O3S/c1-5-23-11-9-10-14-27(23)30(34(32,33)25-17-15-22(4)16-18-25)20-28(31)29-26(19-21(2)3)24-12-7-6-8-13-24/h6-18,21,26H,5,19-20H2,1-4H3,(H,29,31)/t26-/m1/s1. The van der Waals surface area contributed by atoms with Gasteiger partial charge in [0, 0.05) is 0 Å². The summed E-state index contributed by atoms with van der Waals surface area (Å²) in [6.07, 6.45) is 1.41. The van der Waals surface area contributed by atoms with Crippen LogP contribution in [0, 0.1) is 12.8 Å². The van der Waals surface area contributed by atoms with Crippen LogP contribution in [0.4, 0.5) is 5.69 Å². The van der Waals surface area contributed by atoms with E-state index in [4.69, 9.17) is 0 Å². The molecule has 0 aliphatic carbocycles. The van der Waals surface area contributed by atoms with Gasteiger partial charge in [-0.2, -0.15) is 0 Å². The molecule has 0 radical (unpaired) electrons. The van der Waals surface area contributed by atoms with Gasteiger partial charge in [-0.25, -0.2) is 8.42 Å². The maximum absolute atomic E-state index is 13.7. The Bertz CT molecular complexity index is 1190. The lowest BCUT2D eigenvalue weighted by Gasteiger charge is -2.28. The topological polar surface area (TPSA) is 66.5 Å². The normalized spacial score (nSPS) is 12.4. The van der Waals surface area contributed by atoms with Gasteiger partial charge in [-0.3, -0.25) is 9.10 Å². The zero-order valence-electron chi connectivity index (χ0n) is 20.4. The number of aryl methyl sites for hydroxylation is 2. The van der Waals surface area contributed by atoms with Crippen molar-refractivity contribution in [2.75, 3.05) is 10.8 Å². The third kappa shape index (κ3) is 6.26. The summed E-state index contributed by atoms with van der Waals surface area (Å²) in [6, 6.07) is 23.7. The van der Waals surface area contributed by atoms with Crippen molar-refractivity contribution in [2.24, 2.45) is 5.92 Å². The van der Waals surface area contributed by atoms with Gasteiger partial charge < -0.3 is 5.32 Å². The Labute approximate surface area is 203 Å². The van der Waals surface area contributed by atoms with Crippen molar-refractivity contribution >= 4 is 21.6 Å². The summed E-state index contributed by atoms with van der Waals surface area (Å²) in [4.78, 5) is 13.5. The molecule has 34 heavy (non-hydrogen) atoms. The summed E-state index contributed by atoms with van der Waals surface area (Å²) in [5, 5.41) is 3.09. The fraction of sp³-hybridized carbons (Fsp3) is 0.321. The molecule has 0 unspecified atom stereocenters. The van der Waals surface area contributed by atoms with Crippen molar-refractivity contribution in [3.05, 3.63) is 95.6 Å². The van der Waals surface area contributed by atoms with E-state index >= 15 is 0 Å². The van der Waals surface area contributed by atoms with Crippen molar-refractivity contribution in [3.8, 4) is 0 Å². The molecule has 0 aliphatic heterocycles. The van der Waals surface area contributed by atoms with E-state index in [1.54, 1.807) is 36.4 Å². The van der Waals surface area contributed by atoms with E-state index in [0.29, 0.717) is 18.0 Å². The summed E-state index contributed by atoms with van der Waals surface area (Å²) in [6.45, 7) is 7.80. The molecular weight excluding hydrogens is 444 g/mol. The van der Waals surface area contributed by atoms with Crippen molar-refractivity contribution in [2.45, 2.75) is 51.5 Å². The molecule has 0 fully saturated rings. The Hall–Kier alpha value is -3.12. The molecule has 0 aromatic heterocycles. The largest absolute Gasteiger partial charge is 0.348 e. The smallest absolute Gasteiger partial charge is 0.264 e. The van der Waals surface area contributed by atoms with Crippen molar-refractivity contribution in [1.29, 1.82) is 0 Å². The van der Waals surface area contributed by atoms with Gasteiger partial charge in [0.05, 0.1) is 16.6 Å². The first-order valence-corrected chi connectivity index (χ1v) is 13.2. The van der Waals surface area contributed by atoms with Crippen LogP contribution in [0.2, 0.25) is 0 Å². The summed E-state index contributed by atoms with van der Waals surface area (Å²) < 4.78 is 28.7. The maximum Gasteiger partial charge on any atom is 0.264 e. The minimum atomic E-state index is -3.95. The highest BCUT2D eigenvalue weighted by Crippen LogP contribution is 2.28. The Morgan fingerprint density at radius 1 is 0.912 bits per heavy atom. The first kappa shape index (κ1) is 25.5. The quantitative estimate of drug-likeness (QED) is 0.409. The van der Waals surface area contributed by atoms with E-state index < -0.39 is 10.0 Å². The lowest BCUT2D eigenvalue weighted by atomic mass is 9.97. The molecule has 6 heteroatoms. The van der Waals surface area contributed by atoms with Gasteiger partial charge in [-0.05, 0) is 55.0 Å². The molecule has 0 heterocycles. The number of carbonyl (C=O) groups excluding carboxylic acids is 1. The van der Waals surface area contributed by atoms with E-state index in [1.165, 1.54) is 4.31 Å². The highest BCUT2D eigenvalue weighted by atomic mass is 32.2. The minimum absolute atomic E-state index is 0.165. The second-order valence-corrected chi connectivity index (χ2v) is 10.8. The fourth-order valence-corrected chi connectivity index (χ4v) is 5.45.